The first-order valence-corrected chi connectivity index (χ1v) is 11.4. The number of anilines is 3. The maximum atomic E-state index is 12.9. The molecule has 0 atom stereocenters. The van der Waals surface area contributed by atoms with Crippen LogP contribution in [0.5, 0.6) is 0 Å². The first-order valence-electron chi connectivity index (χ1n) is 11.4. The molecule has 9 nitrogen and oxygen atoms in total. The summed E-state index contributed by atoms with van der Waals surface area (Å²) in [7, 11) is 1.74. The summed E-state index contributed by atoms with van der Waals surface area (Å²) < 4.78 is 1.73. The Hall–Kier alpha value is -3.90. The number of urea groups is 1. The van der Waals surface area contributed by atoms with Gasteiger partial charge in [0.05, 0.1) is 34.8 Å². The first-order chi connectivity index (χ1) is 16.3. The Morgan fingerprint density at radius 2 is 1.77 bits per heavy atom. The molecule has 0 fully saturated rings. The molecule has 0 aliphatic heterocycles. The normalized spacial score (nSPS) is 11.7. The minimum Gasteiger partial charge on any atom is -0.389 e. The molecule has 0 radical (unpaired) electrons. The highest BCUT2D eigenvalue weighted by molar-refractivity contribution is 6.01. The lowest BCUT2D eigenvalue weighted by atomic mass is 9.88. The summed E-state index contributed by atoms with van der Waals surface area (Å²) in [6.07, 6.45) is 0.709. The molecule has 1 heterocycles. The molecule has 9 heteroatoms. The summed E-state index contributed by atoms with van der Waals surface area (Å²) in [6.45, 7) is 9.34. The third kappa shape index (κ3) is 5.97. The van der Waals surface area contributed by atoms with Crippen molar-refractivity contribution in [1.82, 2.24) is 9.55 Å². The summed E-state index contributed by atoms with van der Waals surface area (Å²) in [5, 5.41) is 24.9. The smallest absolute Gasteiger partial charge is 0.326 e. The molecular weight excluding hydrogens is 444 g/mol. The molecule has 35 heavy (non-hydrogen) atoms. The number of hydrogen-bond acceptors (Lipinski definition) is 5. The van der Waals surface area contributed by atoms with E-state index >= 15 is 0 Å². The Morgan fingerprint density at radius 3 is 2.34 bits per heavy atom. The first kappa shape index (κ1) is 25.7. The predicted molar refractivity (Wildman–Crippen MR) is 137 cm³/mol. The van der Waals surface area contributed by atoms with Gasteiger partial charge in [0.1, 0.15) is 0 Å². The summed E-state index contributed by atoms with van der Waals surface area (Å²) >= 11 is 0. The van der Waals surface area contributed by atoms with Crippen molar-refractivity contribution in [3.05, 3.63) is 48.0 Å². The SMILES string of the molecule is CCC(C)(C)C(=O)N(C)c1ccc2c(c1)nc(NC(=O)Nc1ccc(C#N)cc1)n2CC(C)(C)O. The van der Waals surface area contributed by atoms with Gasteiger partial charge >= 0.3 is 6.03 Å². The van der Waals surface area contributed by atoms with Gasteiger partial charge in [-0.2, -0.15) is 5.26 Å². The van der Waals surface area contributed by atoms with Gasteiger partial charge in [0, 0.05) is 23.8 Å². The number of hydrogen-bond donors (Lipinski definition) is 3. The summed E-state index contributed by atoms with van der Waals surface area (Å²) in [5.74, 6) is 0.253. The summed E-state index contributed by atoms with van der Waals surface area (Å²) in [6, 6.07) is 13.5. The highest BCUT2D eigenvalue weighted by Crippen LogP contribution is 2.30. The number of fused-ring (bicyclic) bond motifs is 1. The molecule has 3 N–H and O–H groups in total. The van der Waals surface area contributed by atoms with Gasteiger partial charge in [0.25, 0.3) is 0 Å². The molecule has 0 bridgehead atoms. The van der Waals surface area contributed by atoms with Crippen molar-refractivity contribution in [3.63, 3.8) is 0 Å². The van der Waals surface area contributed by atoms with Crippen LogP contribution in [0.1, 0.15) is 46.6 Å². The van der Waals surface area contributed by atoms with Gasteiger partial charge in [-0.1, -0.05) is 20.8 Å². The second-order valence-electron chi connectivity index (χ2n) is 9.88. The fraction of sp³-hybridized carbons (Fsp3) is 0.385. The highest BCUT2D eigenvalue weighted by Gasteiger charge is 2.29. The van der Waals surface area contributed by atoms with Crippen LogP contribution in [0.15, 0.2) is 42.5 Å². The van der Waals surface area contributed by atoms with Crippen molar-refractivity contribution >= 4 is 40.3 Å². The minimum absolute atomic E-state index is 0.00424. The van der Waals surface area contributed by atoms with E-state index in [2.05, 4.69) is 15.6 Å². The number of aromatic nitrogens is 2. The Bertz CT molecular complexity index is 1280. The number of nitrogens with one attached hydrogen (secondary N) is 2. The molecule has 0 saturated heterocycles. The molecule has 0 aliphatic carbocycles. The molecule has 2 aromatic carbocycles. The summed E-state index contributed by atoms with van der Waals surface area (Å²) in [5.41, 5.74) is 1.42. The van der Waals surface area contributed by atoms with Crippen molar-refractivity contribution in [1.29, 1.82) is 5.26 Å². The number of nitriles is 1. The zero-order chi connectivity index (χ0) is 26.0. The van der Waals surface area contributed by atoms with E-state index in [1.54, 1.807) is 60.7 Å². The van der Waals surface area contributed by atoms with E-state index in [-0.39, 0.29) is 18.4 Å². The number of carbonyl (C=O) groups is 2. The lowest BCUT2D eigenvalue weighted by Crippen LogP contribution is -2.38. The van der Waals surface area contributed by atoms with E-state index in [0.29, 0.717) is 34.4 Å². The molecule has 3 rings (SSSR count). The van der Waals surface area contributed by atoms with Gasteiger partial charge in [0.15, 0.2) is 0 Å². The number of benzene rings is 2. The van der Waals surface area contributed by atoms with Crippen LogP contribution in [0.4, 0.5) is 22.1 Å². The van der Waals surface area contributed by atoms with Crippen LogP contribution in [-0.2, 0) is 11.3 Å². The maximum Gasteiger partial charge on any atom is 0.326 e. The Labute approximate surface area is 205 Å². The van der Waals surface area contributed by atoms with Crippen molar-refractivity contribution < 1.29 is 14.7 Å². The zero-order valence-corrected chi connectivity index (χ0v) is 21.0. The van der Waals surface area contributed by atoms with E-state index in [1.165, 1.54) is 0 Å². The maximum absolute atomic E-state index is 12.9. The van der Waals surface area contributed by atoms with Crippen LogP contribution in [0.25, 0.3) is 11.0 Å². The van der Waals surface area contributed by atoms with Crippen LogP contribution in [0, 0.1) is 16.7 Å². The molecule has 0 unspecified atom stereocenters. The quantitative estimate of drug-likeness (QED) is 0.455. The minimum atomic E-state index is -1.07. The van der Waals surface area contributed by atoms with E-state index in [9.17, 15) is 14.7 Å². The Balaban J connectivity index is 1.93. The number of carbonyl (C=O) groups excluding carboxylic acids is 2. The fourth-order valence-corrected chi connectivity index (χ4v) is 3.58. The zero-order valence-electron chi connectivity index (χ0n) is 21.0. The highest BCUT2D eigenvalue weighted by atomic mass is 16.3. The number of nitrogens with zero attached hydrogens (tertiary/aromatic N) is 4. The third-order valence-electron chi connectivity index (χ3n) is 5.93. The van der Waals surface area contributed by atoms with Gasteiger partial charge < -0.3 is 19.9 Å². The molecule has 0 spiro atoms. The van der Waals surface area contributed by atoms with E-state index in [1.807, 2.05) is 39.0 Å². The average Bonchev–Trinajstić information content (AvgIpc) is 3.12. The topological polar surface area (TPSA) is 123 Å². The molecule has 184 valence electrons. The summed E-state index contributed by atoms with van der Waals surface area (Å²) in [4.78, 5) is 31.8. The molecule has 3 amide bonds. The molecule has 1 aromatic heterocycles. The fourth-order valence-electron chi connectivity index (χ4n) is 3.58. The largest absolute Gasteiger partial charge is 0.389 e. The number of imidazole rings is 1. The van der Waals surface area contributed by atoms with E-state index in [0.717, 1.165) is 0 Å². The van der Waals surface area contributed by atoms with Crippen LogP contribution < -0.4 is 15.5 Å². The lowest BCUT2D eigenvalue weighted by molar-refractivity contribution is -0.126. The van der Waals surface area contributed by atoms with Crippen LogP contribution in [0.2, 0.25) is 0 Å². The second kappa shape index (κ2) is 9.76. The van der Waals surface area contributed by atoms with Gasteiger partial charge in [-0.15, -0.1) is 0 Å². The Morgan fingerprint density at radius 1 is 1.11 bits per heavy atom. The number of rotatable bonds is 7. The van der Waals surface area contributed by atoms with Crippen LogP contribution in [-0.4, -0.2) is 39.2 Å². The van der Waals surface area contributed by atoms with Gasteiger partial charge in [0.2, 0.25) is 11.9 Å². The number of amides is 3. The predicted octanol–water partition coefficient (Wildman–Crippen LogP) is 4.72. The van der Waals surface area contributed by atoms with Gasteiger partial charge in [-0.25, -0.2) is 9.78 Å². The van der Waals surface area contributed by atoms with E-state index < -0.39 is 17.0 Å². The molecule has 3 aromatic rings. The molecule has 0 aliphatic rings. The van der Waals surface area contributed by atoms with Crippen LogP contribution in [0.3, 0.4) is 0 Å². The lowest BCUT2D eigenvalue weighted by Gasteiger charge is -2.28. The van der Waals surface area contributed by atoms with Crippen molar-refractivity contribution in [2.24, 2.45) is 5.41 Å². The standard InChI is InChI=1S/C26H32N6O3/c1-7-25(2,3)22(33)31(6)19-12-13-21-20(14-19)29-23(32(21)16-26(4,5)35)30-24(34)28-18-10-8-17(15-27)9-11-18/h8-14,35H,7,16H2,1-6H3,(H2,28,29,30,34). The van der Waals surface area contributed by atoms with E-state index in [4.69, 9.17) is 5.26 Å². The average molecular weight is 477 g/mol. The molecular formula is C26H32N6O3. The number of aliphatic hydroxyl groups is 1. The van der Waals surface area contributed by atoms with Crippen molar-refractivity contribution in [3.8, 4) is 6.07 Å². The van der Waals surface area contributed by atoms with Gasteiger partial charge in [-0.3, -0.25) is 10.1 Å². The van der Waals surface area contributed by atoms with Gasteiger partial charge in [-0.05, 0) is 62.7 Å². The monoisotopic (exact) mass is 476 g/mol. The van der Waals surface area contributed by atoms with Crippen molar-refractivity contribution in [2.75, 3.05) is 22.6 Å². The van der Waals surface area contributed by atoms with Crippen LogP contribution >= 0.6 is 0 Å². The van der Waals surface area contributed by atoms with Crippen molar-refractivity contribution in [2.45, 2.75) is 53.2 Å². The second-order valence-corrected chi connectivity index (χ2v) is 9.88. The Kier molecular flexibility index (Phi) is 7.17. The third-order valence-corrected chi connectivity index (χ3v) is 5.93. The molecule has 0 saturated carbocycles.